The molecule has 10 heteroatoms. The van der Waals surface area contributed by atoms with E-state index in [2.05, 4.69) is 10.3 Å². The fourth-order valence-corrected chi connectivity index (χ4v) is 6.25. The van der Waals surface area contributed by atoms with Gasteiger partial charge in [0.25, 0.3) is 0 Å². The van der Waals surface area contributed by atoms with Crippen molar-refractivity contribution in [1.82, 2.24) is 5.32 Å². The Labute approximate surface area is 174 Å². The number of amidine groups is 1. The van der Waals surface area contributed by atoms with Crippen molar-refractivity contribution in [2.45, 2.75) is 62.7 Å². The Morgan fingerprint density at radius 3 is 2.63 bits per heavy atom. The number of benzene rings is 1. The lowest BCUT2D eigenvalue weighted by Gasteiger charge is -2.35. The molecule has 3 rings (SSSR count). The molecule has 7 nitrogen and oxygen atoms in total. The Kier molecular flexibility index (Phi) is 6.42. The molecular formula is C20H26F2N2O5S. The number of nitrogens with zero attached hydrogens (tertiary/aromatic N) is 1. The molecule has 2 aliphatic rings. The summed E-state index contributed by atoms with van der Waals surface area (Å²) < 4.78 is 58.0. The van der Waals surface area contributed by atoms with Crippen LogP contribution in [-0.2, 0) is 14.6 Å². The molecule has 166 valence electrons. The Hall–Kier alpha value is -2.36. The van der Waals surface area contributed by atoms with Crippen molar-refractivity contribution in [3.8, 4) is 0 Å². The fraction of sp³-hybridized carbons (Fsp3) is 0.550. The minimum absolute atomic E-state index is 0. The van der Waals surface area contributed by atoms with Crippen LogP contribution in [0, 0.1) is 5.82 Å². The van der Waals surface area contributed by atoms with Gasteiger partial charge in [-0.25, -0.2) is 22.0 Å². The van der Waals surface area contributed by atoms with Gasteiger partial charge in [0, 0.05) is 11.1 Å². The lowest BCUT2D eigenvalue weighted by atomic mass is 9.98. The number of sulfone groups is 1. The highest BCUT2D eigenvalue weighted by Gasteiger charge is 2.63. The summed E-state index contributed by atoms with van der Waals surface area (Å²) in [5, 5.41) is 1.12. The van der Waals surface area contributed by atoms with E-state index < -0.39 is 55.9 Å². The lowest BCUT2D eigenvalue weighted by Crippen LogP contribution is -2.57. The minimum Gasteiger partial charge on any atom is -0.444 e. The Morgan fingerprint density at radius 2 is 2.07 bits per heavy atom. The Morgan fingerprint density at radius 1 is 1.40 bits per heavy atom. The number of carbonyl (C=O) groups excluding carboxylic acids is 2. The summed E-state index contributed by atoms with van der Waals surface area (Å²) in [6, 6.07) is 2.31. The van der Waals surface area contributed by atoms with Crippen LogP contribution in [0.4, 0.5) is 13.6 Å². The van der Waals surface area contributed by atoms with Crippen molar-refractivity contribution in [2.75, 3.05) is 6.67 Å². The van der Waals surface area contributed by atoms with Crippen molar-refractivity contribution < 1.29 is 31.5 Å². The molecule has 1 aromatic carbocycles. The summed E-state index contributed by atoms with van der Waals surface area (Å²) in [7, 11) is -4.14. The van der Waals surface area contributed by atoms with Gasteiger partial charge in [-0.15, -0.1) is 0 Å². The van der Waals surface area contributed by atoms with Crippen LogP contribution in [0.1, 0.15) is 63.0 Å². The molecule has 2 aliphatic heterocycles. The number of hydrogen-bond acceptors (Lipinski definition) is 6. The van der Waals surface area contributed by atoms with Gasteiger partial charge in [0.2, 0.25) is 0 Å². The highest BCUT2D eigenvalue weighted by molar-refractivity contribution is 7.94. The zero-order chi connectivity index (χ0) is 21.6. The predicted octanol–water partition coefficient (Wildman–Crippen LogP) is 3.54. The summed E-state index contributed by atoms with van der Waals surface area (Å²) in [6.07, 6.45) is -0.531. The molecule has 3 atom stereocenters. The van der Waals surface area contributed by atoms with Gasteiger partial charge in [0.15, 0.2) is 14.6 Å². The number of alkyl halides is 1. The molecule has 0 aromatic heterocycles. The number of alkyl carbamates (subject to hydrolysis) is 1. The number of carbonyl (C=O) groups is 2. The van der Waals surface area contributed by atoms with Gasteiger partial charge in [0.05, 0.1) is 11.3 Å². The average Bonchev–Trinajstić information content (AvgIpc) is 2.77. The molecular weight excluding hydrogens is 418 g/mol. The second kappa shape index (κ2) is 8.05. The topological polar surface area (TPSA) is 102 Å². The number of aldehydes is 1. The van der Waals surface area contributed by atoms with Crippen molar-refractivity contribution in [1.29, 1.82) is 0 Å². The van der Waals surface area contributed by atoms with E-state index in [0.29, 0.717) is 6.29 Å². The first-order chi connectivity index (χ1) is 13.4. The molecule has 0 spiro atoms. The van der Waals surface area contributed by atoms with Crippen LogP contribution < -0.4 is 5.32 Å². The van der Waals surface area contributed by atoms with Crippen LogP contribution >= 0.6 is 0 Å². The summed E-state index contributed by atoms with van der Waals surface area (Å²) in [5.41, 5.74) is -0.819. The van der Waals surface area contributed by atoms with E-state index in [-0.39, 0.29) is 31.4 Å². The maximum absolute atomic E-state index is 14.5. The maximum Gasteiger partial charge on any atom is 0.413 e. The number of amides is 1. The van der Waals surface area contributed by atoms with Gasteiger partial charge in [-0.1, -0.05) is 7.43 Å². The van der Waals surface area contributed by atoms with Gasteiger partial charge in [-0.3, -0.25) is 15.1 Å². The van der Waals surface area contributed by atoms with Gasteiger partial charge < -0.3 is 4.74 Å². The quantitative estimate of drug-likeness (QED) is 0.719. The second-order valence-electron chi connectivity index (χ2n) is 8.20. The van der Waals surface area contributed by atoms with Crippen molar-refractivity contribution >= 4 is 28.1 Å². The van der Waals surface area contributed by atoms with E-state index in [1.165, 1.54) is 12.1 Å². The SMILES string of the molecule is C.CC(C)(C)OC(=O)NC1=NC(c2cc(C=O)ccc2F)C2CCC1(CF)S2(=O)=O. The van der Waals surface area contributed by atoms with Crippen LogP contribution in [0.25, 0.3) is 0 Å². The highest BCUT2D eigenvalue weighted by atomic mass is 32.2. The molecule has 1 aromatic rings. The van der Waals surface area contributed by atoms with E-state index in [4.69, 9.17) is 4.74 Å². The van der Waals surface area contributed by atoms with Crippen LogP contribution in [0.5, 0.6) is 0 Å². The summed E-state index contributed by atoms with van der Waals surface area (Å²) >= 11 is 0. The smallest absolute Gasteiger partial charge is 0.413 e. The normalized spacial score (nSPS) is 26.9. The zero-order valence-corrected chi connectivity index (χ0v) is 17.1. The van der Waals surface area contributed by atoms with E-state index in [1.54, 1.807) is 20.8 Å². The monoisotopic (exact) mass is 444 g/mol. The first kappa shape index (κ1) is 23.9. The molecule has 1 saturated heterocycles. The second-order valence-corrected chi connectivity index (χ2v) is 10.7. The number of hydrogen-bond donors (Lipinski definition) is 1. The Balaban J connectivity index is 0.00000320. The number of fused-ring (bicyclic) bond motifs is 2. The third-order valence-electron chi connectivity index (χ3n) is 5.14. The number of ether oxygens (including phenoxy) is 1. The number of aliphatic imine (C=N–C) groups is 1. The van der Waals surface area contributed by atoms with Crippen molar-refractivity contribution in [2.24, 2.45) is 4.99 Å². The number of rotatable bonds is 3. The van der Waals surface area contributed by atoms with Gasteiger partial charge in [-0.2, -0.15) is 0 Å². The van der Waals surface area contributed by atoms with Gasteiger partial charge in [0.1, 0.15) is 30.2 Å². The van der Waals surface area contributed by atoms with Crippen LogP contribution in [0.3, 0.4) is 0 Å². The summed E-state index contributed by atoms with van der Waals surface area (Å²) in [6.45, 7) is 3.58. The predicted molar refractivity (Wildman–Crippen MR) is 109 cm³/mol. The molecule has 0 radical (unpaired) electrons. The number of nitrogens with one attached hydrogen (secondary N) is 1. The third-order valence-corrected chi connectivity index (χ3v) is 8.02. The molecule has 1 N–H and O–H groups in total. The van der Waals surface area contributed by atoms with E-state index in [9.17, 15) is 26.8 Å². The van der Waals surface area contributed by atoms with Gasteiger partial charge in [-0.05, 0) is 51.8 Å². The van der Waals surface area contributed by atoms with Gasteiger partial charge >= 0.3 is 6.09 Å². The van der Waals surface area contributed by atoms with E-state index >= 15 is 0 Å². The molecule has 1 amide bonds. The molecule has 3 unspecified atom stereocenters. The molecule has 2 heterocycles. The molecule has 0 saturated carbocycles. The molecule has 1 fully saturated rings. The number of halogens is 2. The fourth-order valence-electron chi connectivity index (χ4n) is 3.77. The first-order valence-corrected chi connectivity index (χ1v) is 10.6. The van der Waals surface area contributed by atoms with Crippen LogP contribution in [0.2, 0.25) is 0 Å². The van der Waals surface area contributed by atoms with Crippen LogP contribution in [0.15, 0.2) is 23.2 Å². The van der Waals surface area contributed by atoms with E-state index in [0.717, 1.165) is 6.07 Å². The average molecular weight is 445 g/mol. The van der Waals surface area contributed by atoms with E-state index in [1.807, 2.05) is 0 Å². The summed E-state index contributed by atoms with van der Waals surface area (Å²) in [5.74, 6) is -1.14. The standard InChI is InChI=1S/C19H22F2N2O5S.CH4/c1-18(2,3)28-17(25)23-16-19(10-20)7-6-14(29(19,26)27)15(22-16)12-8-11(9-24)4-5-13(12)21;/h4-5,8-9,14-15H,6-7,10H2,1-3H3,(H,22,23,25);1H4. The minimum atomic E-state index is -4.14. The van der Waals surface area contributed by atoms with Crippen molar-refractivity contribution in [3.05, 3.63) is 35.1 Å². The molecule has 2 bridgehead atoms. The summed E-state index contributed by atoms with van der Waals surface area (Å²) in [4.78, 5) is 27.6. The highest BCUT2D eigenvalue weighted by Crippen LogP contribution is 2.49. The van der Waals surface area contributed by atoms with Crippen molar-refractivity contribution in [3.63, 3.8) is 0 Å². The maximum atomic E-state index is 14.5. The first-order valence-electron chi connectivity index (χ1n) is 9.07. The zero-order valence-electron chi connectivity index (χ0n) is 16.2. The molecule has 30 heavy (non-hydrogen) atoms. The lowest BCUT2D eigenvalue weighted by molar-refractivity contribution is 0.0560. The van der Waals surface area contributed by atoms with Crippen LogP contribution in [-0.4, -0.2) is 48.9 Å². The molecule has 0 aliphatic carbocycles. The third kappa shape index (κ3) is 3.84. The Bertz CT molecular complexity index is 987. The largest absolute Gasteiger partial charge is 0.444 e.